The summed E-state index contributed by atoms with van der Waals surface area (Å²) >= 11 is 0. The third-order valence-corrected chi connectivity index (χ3v) is 6.71. The summed E-state index contributed by atoms with van der Waals surface area (Å²) < 4.78 is 5.42. The third kappa shape index (κ3) is 8.74. The lowest BCUT2D eigenvalue weighted by Crippen LogP contribution is -2.45. The average Bonchev–Trinajstić information content (AvgIpc) is 2.63. The highest BCUT2D eigenvalue weighted by atomic mass is 16.5. The van der Waals surface area contributed by atoms with Gasteiger partial charge in [0.05, 0.1) is 13.2 Å². The van der Waals surface area contributed by atoms with E-state index in [0.29, 0.717) is 0 Å². The van der Waals surface area contributed by atoms with Crippen molar-refractivity contribution in [2.75, 3.05) is 26.3 Å². The molecule has 0 N–H and O–H groups in total. The summed E-state index contributed by atoms with van der Waals surface area (Å²) in [6.07, 6.45) is 16.2. The Kier molecular flexibility index (Phi) is 10.6. The van der Waals surface area contributed by atoms with Crippen LogP contribution in [0.1, 0.15) is 98.3 Å². The van der Waals surface area contributed by atoms with Crippen molar-refractivity contribution in [3.05, 3.63) is 0 Å². The van der Waals surface area contributed by atoms with Gasteiger partial charge in [0, 0.05) is 19.1 Å². The topological polar surface area (TPSA) is 12.5 Å². The van der Waals surface area contributed by atoms with Gasteiger partial charge in [-0.15, -0.1) is 0 Å². The van der Waals surface area contributed by atoms with E-state index >= 15 is 0 Å². The molecule has 1 saturated heterocycles. The van der Waals surface area contributed by atoms with Gasteiger partial charge in [0.2, 0.25) is 0 Å². The molecule has 3 rings (SSSR count). The van der Waals surface area contributed by atoms with E-state index in [1.165, 1.54) is 83.7 Å². The molecule has 0 bridgehead atoms. The van der Waals surface area contributed by atoms with Crippen molar-refractivity contribution in [2.24, 2.45) is 23.7 Å². The van der Waals surface area contributed by atoms with Crippen LogP contribution in [-0.4, -0.2) is 37.2 Å². The van der Waals surface area contributed by atoms with Gasteiger partial charge in [-0.05, 0) is 62.2 Å². The summed E-state index contributed by atoms with van der Waals surface area (Å²) in [4.78, 5) is 2.66. The van der Waals surface area contributed by atoms with E-state index in [2.05, 4.69) is 32.6 Å². The Bertz CT molecular complexity index is 334. The number of ether oxygens (including phenoxy) is 1. The van der Waals surface area contributed by atoms with E-state index in [-0.39, 0.29) is 0 Å². The molecule has 0 unspecified atom stereocenters. The first kappa shape index (κ1) is 22.2. The molecule has 2 saturated carbocycles. The largest absolute Gasteiger partial charge is 0.379 e. The predicted octanol–water partition coefficient (Wildman–Crippen LogP) is 6.54. The minimum atomic E-state index is 0.868. The Morgan fingerprint density at radius 2 is 1.19 bits per heavy atom. The summed E-state index contributed by atoms with van der Waals surface area (Å²) in [6.45, 7) is 13.6. The van der Waals surface area contributed by atoms with Crippen molar-refractivity contribution < 1.29 is 4.74 Å². The second-order valence-electron chi connectivity index (χ2n) is 10.1. The molecule has 2 heteroatoms. The standard InChI is InChI=1S/C14H27NO.C10H20/c1-12(2)11-13-3-5-14(6-4-13)15-7-9-16-10-8-15;1-9(2)8-10-6-4-3-5-7-10/h12-14H,3-11H2,1-2H3;9-10H,3-8H2,1-2H3. The van der Waals surface area contributed by atoms with Gasteiger partial charge in [-0.1, -0.05) is 59.8 Å². The maximum atomic E-state index is 5.42. The van der Waals surface area contributed by atoms with Crippen molar-refractivity contribution in [3.8, 4) is 0 Å². The van der Waals surface area contributed by atoms with Gasteiger partial charge < -0.3 is 4.74 Å². The Hall–Kier alpha value is -0.0800. The average molecular weight is 366 g/mol. The molecule has 1 heterocycles. The molecule has 0 aromatic rings. The van der Waals surface area contributed by atoms with Crippen LogP contribution in [0, 0.1) is 23.7 Å². The number of hydrogen-bond acceptors (Lipinski definition) is 2. The van der Waals surface area contributed by atoms with Gasteiger partial charge in [0.15, 0.2) is 0 Å². The molecule has 1 aliphatic heterocycles. The zero-order valence-electron chi connectivity index (χ0n) is 18.3. The van der Waals surface area contributed by atoms with Crippen molar-refractivity contribution in [1.82, 2.24) is 4.90 Å². The second kappa shape index (κ2) is 12.4. The van der Waals surface area contributed by atoms with Gasteiger partial charge in [-0.25, -0.2) is 0 Å². The zero-order valence-corrected chi connectivity index (χ0v) is 18.3. The molecule has 2 aliphatic carbocycles. The fourth-order valence-corrected chi connectivity index (χ4v) is 5.44. The molecule has 26 heavy (non-hydrogen) atoms. The summed E-state index contributed by atoms with van der Waals surface area (Å²) in [5.74, 6) is 3.89. The molecule has 3 aliphatic rings. The van der Waals surface area contributed by atoms with Gasteiger partial charge in [0.25, 0.3) is 0 Å². The van der Waals surface area contributed by atoms with Crippen LogP contribution in [0.3, 0.4) is 0 Å². The Morgan fingerprint density at radius 3 is 1.69 bits per heavy atom. The molecular weight excluding hydrogens is 318 g/mol. The van der Waals surface area contributed by atoms with Crippen LogP contribution in [0.25, 0.3) is 0 Å². The number of hydrogen-bond donors (Lipinski definition) is 0. The number of rotatable bonds is 5. The van der Waals surface area contributed by atoms with Gasteiger partial charge in [0.1, 0.15) is 0 Å². The van der Waals surface area contributed by atoms with E-state index in [9.17, 15) is 0 Å². The fraction of sp³-hybridized carbons (Fsp3) is 1.00. The van der Waals surface area contributed by atoms with Crippen molar-refractivity contribution in [2.45, 2.75) is 104 Å². The van der Waals surface area contributed by atoms with Gasteiger partial charge >= 0.3 is 0 Å². The SMILES string of the molecule is CC(C)CC1CCC(N2CCOCC2)CC1.CC(C)CC1CCCCC1. The van der Waals surface area contributed by atoms with E-state index in [4.69, 9.17) is 4.74 Å². The van der Waals surface area contributed by atoms with Crippen molar-refractivity contribution >= 4 is 0 Å². The molecule has 0 aromatic heterocycles. The Labute approximate surface area is 164 Å². The lowest BCUT2D eigenvalue weighted by Gasteiger charge is -2.39. The molecule has 2 nitrogen and oxygen atoms in total. The highest BCUT2D eigenvalue weighted by Crippen LogP contribution is 2.32. The fourth-order valence-electron chi connectivity index (χ4n) is 5.44. The summed E-state index contributed by atoms with van der Waals surface area (Å²) in [5, 5.41) is 0. The summed E-state index contributed by atoms with van der Waals surface area (Å²) in [7, 11) is 0. The lowest BCUT2D eigenvalue weighted by atomic mass is 9.81. The van der Waals surface area contributed by atoms with Gasteiger partial charge in [-0.2, -0.15) is 0 Å². The maximum Gasteiger partial charge on any atom is 0.0594 e. The van der Waals surface area contributed by atoms with Gasteiger partial charge in [-0.3, -0.25) is 4.90 Å². The normalized spacial score (nSPS) is 28.8. The van der Waals surface area contributed by atoms with Crippen LogP contribution in [0.4, 0.5) is 0 Å². The molecule has 0 aromatic carbocycles. The molecule has 3 fully saturated rings. The smallest absolute Gasteiger partial charge is 0.0594 e. The quantitative estimate of drug-likeness (QED) is 0.548. The molecule has 0 atom stereocenters. The van der Waals surface area contributed by atoms with E-state index < -0.39 is 0 Å². The summed E-state index contributed by atoms with van der Waals surface area (Å²) in [6, 6.07) is 0.868. The van der Waals surface area contributed by atoms with Crippen LogP contribution >= 0.6 is 0 Å². The molecule has 0 radical (unpaired) electrons. The van der Waals surface area contributed by atoms with E-state index in [0.717, 1.165) is 42.9 Å². The molecular formula is C24H47NO. The molecule has 0 amide bonds. The predicted molar refractivity (Wildman–Crippen MR) is 114 cm³/mol. The van der Waals surface area contributed by atoms with Crippen LogP contribution in [-0.2, 0) is 4.74 Å². The van der Waals surface area contributed by atoms with E-state index in [1.54, 1.807) is 0 Å². The number of nitrogens with zero attached hydrogens (tertiary/aromatic N) is 1. The second-order valence-corrected chi connectivity index (χ2v) is 10.1. The number of morpholine rings is 1. The monoisotopic (exact) mass is 365 g/mol. The first-order valence-electron chi connectivity index (χ1n) is 11.9. The molecule has 0 spiro atoms. The zero-order chi connectivity index (χ0) is 18.8. The molecule has 154 valence electrons. The summed E-state index contributed by atoms with van der Waals surface area (Å²) in [5.41, 5.74) is 0. The van der Waals surface area contributed by atoms with E-state index in [1.807, 2.05) is 0 Å². The third-order valence-electron chi connectivity index (χ3n) is 6.71. The lowest BCUT2D eigenvalue weighted by molar-refractivity contribution is 0.00421. The highest BCUT2D eigenvalue weighted by molar-refractivity contribution is 4.81. The van der Waals surface area contributed by atoms with Crippen molar-refractivity contribution in [1.29, 1.82) is 0 Å². The van der Waals surface area contributed by atoms with Crippen LogP contribution in [0.15, 0.2) is 0 Å². The highest BCUT2D eigenvalue weighted by Gasteiger charge is 2.26. The van der Waals surface area contributed by atoms with Crippen LogP contribution in [0.2, 0.25) is 0 Å². The Balaban J connectivity index is 0.000000209. The maximum absolute atomic E-state index is 5.42. The van der Waals surface area contributed by atoms with Crippen LogP contribution < -0.4 is 0 Å². The first-order valence-corrected chi connectivity index (χ1v) is 11.9. The minimum absolute atomic E-state index is 0.868. The van der Waals surface area contributed by atoms with Crippen molar-refractivity contribution in [3.63, 3.8) is 0 Å². The minimum Gasteiger partial charge on any atom is -0.379 e. The first-order chi connectivity index (χ1) is 12.5. The Morgan fingerprint density at radius 1 is 0.692 bits per heavy atom. The van der Waals surface area contributed by atoms with Crippen LogP contribution in [0.5, 0.6) is 0 Å².